The van der Waals surface area contributed by atoms with Crippen molar-refractivity contribution in [3.8, 4) is 0 Å². The molecule has 2 aromatic carbocycles. The number of nitrogens with one attached hydrogen (secondary N) is 1. The molecular weight excluding hydrogens is 353 g/mol. The summed E-state index contributed by atoms with van der Waals surface area (Å²) in [6, 6.07) is 8.26. The molecule has 0 unspecified atom stereocenters. The summed E-state index contributed by atoms with van der Waals surface area (Å²) in [7, 11) is -7.52. The lowest BCUT2D eigenvalue weighted by atomic mass is 10.3. The summed E-state index contributed by atoms with van der Waals surface area (Å²) < 4.78 is 62.7. The predicted molar refractivity (Wildman–Crippen MR) is 81.8 cm³/mol. The quantitative estimate of drug-likeness (QED) is 0.905. The largest absolute Gasteiger partial charge is 0.280 e. The molecule has 0 saturated carbocycles. The number of hydrogen-bond donors (Lipinski definition) is 1. The van der Waals surface area contributed by atoms with Crippen molar-refractivity contribution in [2.75, 3.05) is 11.0 Å². The van der Waals surface area contributed by atoms with E-state index in [0.717, 1.165) is 18.4 Å². The zero-order valence-electron chi connectivity index (χ0n) is 11.2. The third-order valence-electron chi connectivity index (χ3n) is 2.72. The Kier molecular flexibility index (Phi) is 4.46. The van der Waals surface area contributed by atoms with Gasteiger partial charge in [-0.1, -0.05) is 11.6 Å². The average molecular weight is 364 g/mol. The van der Waals surface area contributed by atoms with Gasteiger partial charge >= 0.3 is 0 Å². The van der Waals surface area contributed by atoms with E-state index >= 15 is 0 Å². The van der Waals surface area contributed by atoms with E-state index in [1.54, 1.807) is 0 Å². The minimum Gasteiger partial charge on any atom is -0.280 e. The molecule has 0 fully saturated rings. The third-order valence-corrected chi connectivity index (χ3v) is 5.50. The fourth-order valence-corrected chi connectivity index (χ4v) is 3.58. The first-order valence-electron chi connectivity index (χ1n) is 5.87. The van der Waals surface area contributed by atoms with Gasteiger partial charge in [-0.05, 0) is 42.5 Å². The van der Waals surface area contributed by atoms with Crippen molar-refractivity contribution in [3.05, 3.63) is 53.3 Å². The number of halogens is 2. The van der Waals surface area contributed by atoms with Gasteiger partial charge in [-0.15, -0.1) is 0 Å². The topological polar surface area (TPSA) is 80.3 Å². The third kappa shape index (κ3) is 3.76. The molecule has 5 nitrogen and oxygen atoms in total. The summed E-state index contributed by atoms with van der Waals surface area (Å²) in [6.45, 7) is 0. The van der Waals surface area contributed by atoms with Crippen LogP contribution in [0.2, 0.25) is 5.02 Å². The molecule has 0 aliphatic heterocycles. The molecule has 0 heterocycles. The molecule has 0 aromatic heterocycles. The first-order valence-corrected chi connectivity index (χ1v) is 9.63. The van der Waals surface area contributed by atoms with Gasteiger partial charge in [-0.3, -0.25) is 4.72 Å². The molecule has 2 aromatic rings. The van der Waals surface area contributed by atoms with Gasteiger partial charge in [0.25, 0.3) is 10.0 Å². The summed E-state index contributed by atoms with van der Waals surface area (Å²) in [5, 5.41) is 0.0777. The van der Waals surface area contributed by atoms with Crippen molar-refractivity contribution in [2.45, 2.75) is 9.79 Å². The minimum atomic E-state index is -4.14. The molecule has 0 aliphatic carbocycles. The van der Waals surface area contributed by atoms with Crippen molar-refractivity contribution in [2.24, 2.45) is 0 Å². The molecule has 0 saturated heterocycles. The Balaban J connectivity index is 2.33. The van der Waals surface area contributed by atoms with Crippen LogP contribution in [0.25, 0.3) is 0 Å². The van der Waals surface area contributed by atoms with Crippen LogP contribution in [0.4, 0.5) is 10.1 Å². The Labute approximate surface area is 132 Å². The summed E-state index contributed by atoms with van der Waals surface area (Å²) in [5.41, 5.74) is 0.113. The van der Waals surface area contributed by atoms with Gasteiger partial charge in [0.2, 0.25) is 0 Å². The van der Waals surface area contributed by atoms with Gasteiger partial charge in [0.15, 0.2) is 9.84 Å². The lowest BCUT2D eigenvalue weighted by Gasteiger charge is -2.09. The molecule has 0 amide bonds. The standard InChI is InChI=1S/C13H11ClFNO4S2/c1-21(17,18)11-5-3-10(4-6-11)16-22(19,20)13-7-2-9(14)8-12(13)15/h2-8,16H,1H3. The highest BCUT2D eigenvalue weighted by Crippen LogP contribution is 2.22. The maximum absolute atomic E-state index is 13.7. The van der Waals surface area contributed by atoms with Crippen LogP contribution >= 0.6 is 11.6 Å². The predicted octanol–water partition coefficient (Wildman–Crippen LogP) is 2.68. The number of sulfone groups is 1. The number of sulfonamides is 1. The number of hydrogen-bond acceptors (Lipinski definition) is 4. The van der Waals surface area contributed by atoms with E-state index in [1.165, 1.54) is 30.3 Å². The van der Waals surface area contributed by atoms with Crippen LogP contribution in [0, 0.1) is 5.82 Å². The average Bonchev–Trinajstić information content (AvgIpc) is 2.37. The fourth-order valence-electron chi connectivity index (χ4n) is 1.67. The molecule has 22 heavy (non-hydrogen) atoms. The Bertz CT molecular complexity index is 910. The fraction of sp³-hybridized carbons (Fsp3) is 0.0769. The number of benzene rings is 2. The molecule has 0 atom stereocenters. The van der Waals surface area contributed by atoms with Crippen molar-refractivity contribution >= 4 is 37.1 Å². The van der Waals surface area contributed by atoms with Gasteiger partial charge in [-0.2, -0.15) is 0 Å². The summed E-state index contributed by atoms with van der Waals surface area (Å²) >= 11 is 5.58. The van der Waals surface area contributed by atoms with Gasteiger partial charge < -0.3 is 0 Å². The van der Waals surface area contributed by atoms with E-state index in [4.69, 9.17) is 11.6 Å². The normalized spacial score (nSPS) is 12.1. The van der Waals surface area contributed by atoms with Crippen molar-refractivity contribution in [1.82, 2.24) is 0 Å². The molecule has 2 rings (SSSR count). The zero-order valence-corrected chi connectivity index (χ0v) is 13.6. The molecule has 118 valence electrons. The van der Waals surface area contributed by atoms with Crippen LogP contribution in [0.3, 0.4) is 0 Å². The molecule has 0 radical (unpaired) electrons. The molecule has 1 N–H and O–H groups in total. The van der Waals surface area contributed by atoms with Gasteiger partial charge in [0.1, 0.15) is 10.7 Å². The Hall–Kier alpha value is -1.64. The van der Waals surface area contributed by atoms with Gasteiger partial charge in [0, 0.05) is 17.0 Å². The molecule has 9 heteroatoms. The highest BCUT2D eigenvalue weighted by atomic mass is 35.5. The zero-order chi connectivity index (χ0) is 16.5. The van der Waals surface area contributed by atoms with E-state index in [2.05, 4.69) is 4.72 Å². The maximum atomic E-state index is 13.7. The monoisotopic (exact) mass is 363 g/mol. The van der Waals surface area contributed by atoms with E-state index < -0.39 is 30.6 Å². The maximum Gasteiger partial charge on any atom is 0.264 e. The van der Waals surface area contributed by atoms with E-state index in [9.17, 15) is 21.2 Å². The summed E-state index contributed by atoms with van der Waals surface area (Å²) in [5.74, 6) is -0.979. The number of rotatable bonds is 4. The number of anilines is 1. The first kappa shape index (κ1) is 16.7. The smallest absolute Gasteiger partial charge is 0.264 e. The molecule has 0 aliphatic rings. The van der Waals surface area contributed by atoms with Crippen LogP contribution < -0.4 is 4.72 Å². The van der Waals surface area contributed by atoms with Crippen LogP contribution in [0.5, 0.6) is 0 Å². The Morgan fingerprint density at radius 2 is 1.59 bits per heavy atom. The highest BCUT2D eigenvalue weighted by Gasteiger charge is 2.19. The summed E-state index contributed by atoms with van der Waals surface area (Å²) in [4.78, 5) is -0.503. The van der Waals surface area contributed by atoms with E-state index in [1.807, 2.05) is 0 Å². The Morgan fingerprint density at radius 3 is 2.09 bits per heavy atom. The van der Waals surface area contributed by atoms with Crippen LogP contribution in [-0.2, 0) is 19.9 Å². The van der Waals surface area contributed by atoms with Crippen molar-refractivity contribution in [1.29, 1.82) is 0 Å². The Morgan fingerprint density at radius 1 is 1.00 bits per heavy atom. The van der Waals surface area contributed by atoms with Gasteiger partial charge in [-0.25, -0.2) is 21.2 Å². The van der Waals surface area contributed by atoms with Crippen molar-refractivity contribution in [3.63, 3.8) is 0 Å². The first-order chi connectivity index (χ1) is 10.1. The van der Waals surface area contributed by atoms with Crippen LogP contribution in [0.15, 0.2) is 52.3 Å². The van der Waals surface area contributed by atoms with Crippen LogP contribution in [-0.4, -0.2) is 23.1 Å². The second-order valence-corrected chi connectivity index (χ2v) is 8.58. The molecule has 0 bridgehead atoms. The van der Waals surface area contributed by atoms with E-state index in [0.29, 0.717) is 0 Å². The van der Waals surface area contributed by atoms with Crippen molar-refractivity contribution < 1.29 is 21.2 Å². The second kappa shape index (κ2) is 5.86. The summed E-state index contributed by atoms with van der Waals surface area (Å²) in [6.07, 6.45) is 1.04. The van der Waals surface area contributed by atoms with Gasteiger partial charge in [0.05, 0.1) is 4.90 Å². The lowest BCUT2D eigenvalue weighted by Crippen LogP contribution is -2.14. The second-order valence-electron chi connectivity index (χ2n) is 4.48. The van der Waals surface area contributed by atoms with E-state index in [-0.39, 0.29) is 15.6 Å². The minimum absolute atomic E-state index is 0.0492. The highest BCUT2D eigenvalue weighted by molar-refractivity contribution is 7.92. The molecule has 0 spiro atoms. The SMILES string of the molecule is CS(=O)(=O)c1ccc(NS(=O)(=O)c2ccc(Cl)cc2F)cc1. The van der Waals surface area contributed by atoms with Crippen LogP contribution in [0.1, 0.15) is 0 Å². The lowest BCUT2D eigenvalue weighted by molar-refractivity contribution is 0.570. The molecular formula is C13H11ClFNO4S2.